The zero-order chi connectivity index (χ0) is 21.5. The zero-order valence-electron chi connectivity index (χ0n) is 17.4. The molecule has 1 amide bonds. The Balaban J connectivity index is 1.26. The summed E-state index contributed by atoms with van der Waals surface area (Å²) in [5, 5.41) is 10.3. The zero-order valence-corrected chi connectivity index (χ0v) is 17.4. The smallest absolute Gasteiger partial charge is 0.391 e. The van der Waals surface area contributed by atoms with Crippen molar-refractivity contribution in [1.82, 2.24) is 9.80 Å². The van der Waals surface area contributed by atoms with Crippen molar-refractivity contribution in [3.05, 3.63) is 29.8 Å². The number of anilines is 1. The molecular formula is C22H30F3N3O2. The van der Waals surface area contributed by atoms with Gasteiger partial charge in [0.1, 0.15) is 6.04 Å². The summed E-state index contributed by atoms with van der Waals surface area (Å²) in [6.07, 6.45) is -0.355. The molecule has 1 aromatic carbocycles. The molecule has 0 bridgehead atoms. The summed E-state index contributed by atoms with van der Waals surface area (Å²) in [5.41, 5.74) is 0.162. The number of carbonyl (C=O) groups excluding carboxylic acids is 1. The molecule has 1 aromatic rings. The molecule has 4 rings (SSSR count). The molecule has 1 unspecified atom stereocenters. The fourth-order valence-corrected chi connectivity index (χ4v) is 4.86. The standard InChI is InChI=1S/C22H30F3N3O2/c1-16-20(30)27(11-2-10-26-12-9-21(7-8-21)19(29)15-26)13-14-28(16)18-5-3-17(4-6-18)22(23,24)25/h3-6,16,19,29H,2,7-15H2,1H3/t16?,19-/m1/s1. The Labute approximate surface area is 175 Å². The largest absolute Gasteiger partial charge is 0.416 e. The van der Waals surface area contributed by atoms with E-state index in [0.717, 1.165) is 57.5 Å². The number of alkyl halides is 3. The van der Waals surface area contributed by atoms with Crippen LogP contribution >= 0.6 is 0 Å². The first-order valence-electron chi connectivity index (χ1n) is 10.8. The molecular weight excluding hydrogens is 395 g/mol. The average Bonchev–Trinajstić information content (AvgIpc) is 3.49. The summed E-state index contributed by atoms with van der Waals surface area (Å²) in [6.45, 7) is 6.26. The lowest BCUT2D eigenvalue weighted by Gasteiger charge is -2.41. The number of benzene rings is 1. The molecule has 2 aliphatic heterocycles. The maximum Gasteiger partial charge on any atom is 0.416 e. The second kappa shape index (κ2) is 8.04. The number of piperidine rings is 1. The van der Waals surface area contributed by atoms with Gasteiger partial charge in [0.25, 0.3) is 0 Å². The molecule has 3 aliphatic rings. The number of piperazine rings is 1. The maximum atomic E-state index is 12.8. The molecule has 3 fully saturated rings. The maximum absolute atomic E-state index is 12.8. The van der Waals surface area contributed by atoms with E-state index in [-0.39, 0.29) is 17.4 Å². The number of amides is 1. The second-order valence-corrected chi connectivity index (χ2v) is 9.02. The Bertz CT molecular complexity index is 764. The van der Waals surface area contributed by atoms with E-state index in [9.17, 15) is 23.1 Å². The summed E-state index contributed by atoms with van der Waals surface area (Å²) in [5.74, 6) is 0.0109. The lowest BCUT2D eigenvalue weighted by atomic mass is 9.90. The van der Waals surface area contributed by atoms with E-state index in [0.29, 0.717) is 25.3 Å². The van der Waals surface area contributed by atoms with Gasteiger partial charge < -0.3 is 19.8 Å². The van der Waals surface area contributed by atoms with Crippen LogP contribution in [0.15, 0.2) is 24.3 Å². The van der Waals surface area contributed by atoms with Gasteiger partial charge in [-0.2, -0.15) is 13.2 Å². The molecule has 1 aliphatic carbocycles. The van der Waals surface area contributed by atoms with E-state index in [2.05, 4.69) is 4.90 Å². The van der Waals surface area contributed by atoms with Crippen molar-refractivity contribution in [1.29, 1.82) is 0 Å². The Morgan fingerprint density at radius 3 is 2.37 bits per heavy atom. The third-order valence-electron chi connectivity index (χ3n) is 7.13. The number of carbonyl (C=O) groups is 1. The van der Waals surface area contributed by atoms with E-state index in [4.69, 9.17) is 0 Å². The number of hydrogen-bond donors (Lipinski definition) is 1. The summed E-state index contributed by atoms with van der Waals surface area (Å²) < 4.78 is 38.3. The monoisotopic (exact) mass is 425 g/mol. The molecule has 2 atom stereocenters. The highest BCUT2D eigenvalue weighted by atomic mass is 19.4. The van der Waals surface area contributed by atoms with Crippen molar-refractivity contribution in [3.8, 4) is 0 Å². The number of rotatable bonds is 5. The number of likely N-dealkylation sites (tertiary alicyclic amines) is 1. The predicted molar refractivity (Wildman–Crippen MR) is 108 cm³/mol. The van der Waals surface area contributed by atoms with Gasteiger partial charge in [-0.05, 0) is 75.4 Å². The molecule has 30 heavy (non-hydrogen) atoms. The van der Waals surface area contributed by atoms with Crippen LogP contribution in [-0.4, -0.2) is 72.2 Å². The van der Waals surface area contributed by atoms with E-state index in [1.165, 1.54) is 12.1 Å². The van der Waals surface area contributed by atoms with Crippen LogP contribution in [0.4, 0.5) is 18.9 Å². The Morgan fingerprint density at radius 2 is 1.77 bits per heavy atom. The van der Waals surface area contributed by atoms with Gasteiger partial charge in [0.2, 0.25) is 5.91 Å². The molecule has 2 heterocycles. The van der Waals surface area contributed by atoms with E-state index in [1.807, 2.05) is 16.7 Å². The molecule has 1 N–H and O–H groups in total. The highest BCUT2D eigenvalue weighted by Gasteiger charge is 2.51. The fourth-order valence-electron chi connectivity index (χ4n) is 4.86. The normalized spacial score (nSPS) is 27.0. The van der Waals surface area contributed by atoms with E-state index in [1.54, 1.807) is 0 Å². The minimum atomic E-state index is -4.36. The Morgan fingerprint density at radius 1 is 1.07 bits per heavy atom. The minimum absolute atomic E-state index is 0.0109. The number of aliphatic hydroxyl groups excluding tert-OH is 1. The molecule has 8 heteroatoms. The molecule has 0 aromatic heterocycles. The van der Waals surface area contributed by atoms with Crippen LogP contribution in [0, 0.1) is 5.41 Å². The first-order chi connectivity index (χ1) is 14.2. The van der Waals surface area contributed by atoms with Gasteiger partial charge in [-0.3, -0.25) is 4.79 Å². The first kappa shape index (κ1) is 21.4. The van der Waals surface area contributed by atoms with Crippen molar-refractivity contribution in [2.75, 3.05) is 44.2 Å². The van der Waals surface area contributed by atoms with Crippen LogP contribution in [0.5, 0.6) is 0 Å². The predicted octanol–water partition coefficient (Wildman–Crippen LogP) is 2.98. The topological polar surface area (TPSA) is 47.0 Å². The van der Waals surface area contributed by atoms with Crippen LogP contribution in [0.2, 0.25) is 0 Å². The molecule has 2 saturated heterocycles. The van der Waals surface area contributed by atoms with Crippen LogP contribution in [0.1, 0.15) is 38.2 Å². The summed E-state index contributed by atoms with van der Waals surface area (Å²) in [4.78, 5) is 18.8. The fraction of sp³-hybridized carbons (Fsp3) is 0.682. The molecule has 1 spiro atoms. The van der Waals surface area contributed by atoms with Gasteiger partial charge in [0.15, 0.2) is 0 Å². The quantitative estimate of drug-likeness (QED) is 0.788. The molecule has 166 valence electrons. The van der Waals surface area contributed by atoms with Gasteiger partial charge in [0.05, 0.1) is 11.7 Å². The second-order valence-electron chi connectivity index (χ2n) is 9.02. The van der Waals surface area contributed by atoms with Gasteiger partial charge >= 0.3 is 6.18 Å². The number of β-amino-alcohol motifs (C(OH)–C–C–N with tert-alkyl or cyclic N) is 1. The third-order valence-corrected chi connectivity index (χ3v) is 7.13. The van der Waals surface area contributed by atoms with Gasteiger partial charge in [0, 0.05) is 31.9 Å². The minimum Gasteiger partial charge on any atom is -0.391 e. The van der Waals surface area contributed by atoms with E-state index < -0.39 is 17.8 Å². The Hall–Kier alpha value is -1.80. The van der Waals surface area contributed by atoms with Crippen LogP contribution < -0.4 is 4.90 Å². The highest BCUT2D eigenvalue weighted by molar-refractivity contribution is 5.86. The highest BCUT2D eigenvalue weighted by Crippen LogP contribution is 2.53. The lowest BCUT2D eigenvalue weighted by molar-refractivity contribution is -0.137. The van der Waals surface area contributed by atoms with Gasteiger partial charge in [-0.25, -0.2) is 0 Å². The van der Waals surface area contributed by atoms with Crippen LogP contribution in [0.25, 0.3) is 0 Å². The molecule has 1 saturated carbocycles. The number of hydrogen-bond acceptors (Lipinski definition) is 4. The average molecular weight is 425 g/mol. The summed E-state index contributed by atoms with van der Waals surface area (Å²) in [7, 11) is 0. The number of halogens is 3. The van der Waals surface area contributed by atoms with E-state index >= 15 is 0 Å². The SMILES string of the molecule is CC1C(=O)N(CCCN2CCC3(CC3)[C@H](O)C2)CCN1c1ccc(C(F)(F)F)cc1. The third kappa shape index (κ3) is 4.30. The number of nitrogens with zero attached hydrogens (tertiary/aromatic N) is 3. The van der Waals surface area contributed by atoms with Crippen molar-refractivity contribution in [2.24, 2.45) is 5.41 Å². The molecule has 5 nitrogen and oxygen atoms in total. The lowest BCUT2D eigenvalue weighted by Crippen LogP contribution is -2.56. The Kier molecular flexibility index (Phi) is 5.74. The van der Waals surface area contributed by atoms with Gasteiger partial charge in [-0.1, -0.05) is 0 Å². The van der Waals surface area contributed by atoms with Crippen molar-refractivity contribution >= 4 is 11.6 Å². The first-order valence-corrected chi connectivity index (χ1v) is 10.8. The van der Waals surface area contributed by atoms with Crippen molar-refractivity contribution < 1.29 is 23.1 Å². The van der Waals surface area contributed by atoms with Crippen LogP contribution in [0.3, 0.4) is 0 Å². The molecule has 0 radical (unpaired) electrons. The summed E-state index contributed by atoms with van der Waals surface area (Å²) >= 11 is 0. The number of aliphatic hydroxyl groups is 1. The van der Waals surface area contributed by atoms with Crippen LogP contribution in [-0.2, 0) is 11.0 Å². The van der Waals surface area contributed by atoms with Crippen molar-refractivity contribution in [2.45, 2.75) is 50.9 Å². The van der Waals surface area contributed by atoms with Gasteiger partial charge in [-0.15, -0.1) is 0 Å². The summed E-state index contributed by atoms with van der Waals surface area (Å²) in [6, 6.07) is 4.62. The van der Waals surface area contributed by atoms with Crippen molar-refractivity contribution in [3.63, 3.8) is 0 Å².